The van der Waals surface area contributed by atoms with Crippen molar-refractivity contribution in [1.29, 1.82) is 0 Å². The lowest BCUT2D eigenvalue weighted by molar-refractivity contribution is 0.493. The van der Waals surface area contributed by atoms with E-state index in [1.807, 2.05) is 19.9 Å². The Balaban J connectivity index is 3.10. The first-order valence-electron chi connectivity index (χ1n) is 4.03. The van der Waals surface area contributed by atoms with Crippen LogP contribution in [0.4, 0.5) is 4.39 Å². The molecule has 0 saturated heterocycles. The van der Waals surface area contributed by atoms with Crippen LogP contribution in [0.15, 0.2) is 24.3 Å². The van der Waals surface area contributed by atoms with Crippen LogP contribution in [0.3, 0.4) is 0 Å². The molecule has 0 radical (unpaired) electrons. The summed E-state index contributed by atoms with van der Waals surface area (Å²) < 4.78 is 13.2. The van der Waals surface area contributed by atoms with Crippen LogP contribution < -0.4 is 5.73 Å². The predicted molar refractivity (Wildman–Crippen MR) is 48.5 cm³/mol. The van der Waals surface area contributed by atoms with Gasteiger partial charge in [0, 0.05) is 12.0 Å². The third-order valence-corrected chi connectivity index (χ3v) is 2.11. The Morgan fingerprint density at radius 3 is 2.42 bits per heavy atom. The van der Waals surface area contributed by atoms with Gasteiger partial charge in [0.25, 0.3) is 0 Å². The van der Waals surface area contributed by atoms with E-state index in [0.29, 0.717) is 12.1 Å². The first kappa shape index (κ1) is 9.20. The molecule has 0 spiro atoms. The van der Waals surface area contributed by atoms with Crippen molar-refractivity contribution in [2.45, 2.75) is 19.3 Å². The van der Waals surface area contributed by atoms with Gasteiger partial charge in [0.15, 0.2) is 0 Å². The summed E-state index contributed by atoms with van der Waals surface area (Å²) in [7, 11) is 0. The minimum atomic E-state index is -0.272. The fraction of sp³-hybridized carbons (Fsp3) is 0.400. The molecule has 1 rings (SSSR count). The number of halogens is 1. The molecule has 12 heavy (non-hydrogen) atoms. The van der Waals surface area contributed by atoms with Gasteiger partial charge in [0.1, 0.15) is 5.82 Å². The predicted octanol–water partition coefficient (Wildman–Crippen LogP) is 2.06. The van der Waals surface area contributed by atoms with Crippen molar-refractivity contribution in [2.24, 2.45) is 5.73 Å². The molecule has 0 aliphatic carbocycles. The fourth-order valence-corrected chi connectivity index (χ4v) is 1.12. The van der Waals surface area contributed by atoms with Crippen molar-refractivity contribution < 1.29 is 4.39 Å². The second-order valence-electron chi connectivity index (χ2n) is 3.57. The lowest BCUT2D eigenvalue weighted by Gasteiger charge is -2.23. The van der Waals surface area contributed by atoms with Gasteiger partial charge in [-0.05, 0) is 11.6 Å². The van der Waals surface area contributed by atoms with E-state index >= 15 is 0 Å². The Morgan fingerprint density at radius 1 is 1.33 bits per heavy atom. The molecule has 0 aliphatic heterocycles. The minimum absolute atomic E-state index is 0.173. The van der Waals surface area contributed by atoms with Gasteiger partial charge in [-0.15, -0.1) is 0 Å². The average Bonchev–Trinajstić information content (AvgIpc) is 2.05. The molecule has 1 aromatic carbocycles. The van der Waals surface area contributed by atoms with Gasteiger partial charge in [-0.25, -0.2) is 4.39 Å². The van der Waals surface area contributed by atoms with Crippen molar-refractivity contribution >= 4 is 0 Å². The molecule has 0 atom stereocenters. The molecular weight excluding hydrogens is 153 g/mol. The molecule has 2 N–H and O–H groups in total. The van der Waals surface area contributed by atoms with Gasteiger partial charge in [-0.3, -0.25) is 0 Å². The highest BCUT2D eigenvalue weighted by atomic mass is 19.1. The second-order valence-corrected chi connectivity index (χ2v) is 3.57. The minimum Gasteiger partial charge on any atom is -0.330 e. The lowest BCUT2D eigenvalue weighted by Crippen LogP contribution is -2.29. The van der Waals surface area contributed by atoms with Crippen LogP contribution in [-0.4, -0.2) is 6.54 Å². The maximum absolute atomic E-state index is 13.2. The Hall–Kier alpha value is -0.890. The van der Waals surface area contributed by atoms with Crippen LogP contribution in [-0.2, 0) is 5.41 Å². The summed E-state index contributed by atoms with van der Waals surface area (Å²) in [5, 5.41) is 0. The van der Waals surface area contributed by atoms with Crippen molar-refractivity contribution in [2.75, 3.05) is 6.54 Å². The van der Waals surface area contributed by atoms with Crippen LogP contribution in [0, 0.1) is 5.82 Å². The van der Waals surface area contributed by atoms with E-state index < -0.39 is 0 Å². The number of nitrogens with two attached hydrogens (primary N) is 1. The van der Waals surface area contributed by atoms with Crippen LogP contribution in [0.5, 0.6) is 0 Å². The Bertz CT molecular complexity index is 268. The van der Waals surface area contributed by atoms with Crippen molar-refractivity contribution in [1.82, 2.24) is 0 Å². The fourth-order valence-electron chi connectivity index (χ4n) is 1.12. The Kier molecular flexibility index (Phi) is 2.48. The zero-order valence-electron chi connectivity index (χ0n) is 7.47. The first-order valence-corrected chi connectivity index (χ1v) is 4.03. The number of hydrogen-bond acceptors (Lipinski definition) is 1. The molecular formula is C10H14FN. The summed E-state index contributed by atoms with van der Waals surface area (Å²) in [6.07, 6.45) is 0. The van der Waals surface area contributed by atoms with E-state index in [0.717, 1.165) is 0 Å². The molecule has 0 fully saturated rings. The van der Waals surface area contributed by atoms with E-state index in [4.69, 9.17) is 5.73 Å². The molecule has 0 bridgehead atoms. The highest BCUT2D eigenvalue weighted by Gasteiger charge is 2.21. The van der Waals surface area contributed by atoms with Gasteiger partial charge in [-0.2, -0.15) is 0 Å². The van der Waals surface area contributed by atoms with Gasteiger partial charge in [-0.1, -0.05) is 32.0 Å². The SMILES string of the molecule is CC(C)(CN)c1ccccc1F. The van der Waals surface area contributed by atoms with Crippen LogP contribution in [0.1, 0.15) is 19.4 Å². The van der Waals surface area contributed by atoms with E-state index in [-0.39, 0.29) is 11.2 Å². The monoisotopic (exact) mass is 167 g/mol. The van der Waals surface area contributed by atoms with Gasteiger partial charge in [0.2, 0.25) is 0 Å². The van der Waals surface area contributed by atoms with E-state index in [1.165, 1.54) is 6.07 Å². The van der Waals surface area contributed by atoms with Gasteiger partial charge < -0.3 is 5.73 Å². The molecule has 66 valence electrons. The largest absolute Gasteiger partial charge is 0.330 e. The Labute approximate surface area is 72.4 Å². The van der Waals surface area contributed by atoms with Crippen molar-refractivity contribution in [3.05, 3.63) is 35.6 Å². The maximum atomic E-state index is 13.2. The Morgan fingerprint density at radius 2 is 1.92 bits per heavy atom. The molecule has 0 saturated carbocycles. The first-order chi connectivity index (χ1) is 5.58. The van der Waals surface area contributed by atoms with E-state index in [1.54, 1.807) is 12.1 Å². The van der Waals surface area contributed by atoms with Crippen molar-refractivity contribution in [3.63, 3.8) is 0 Å². The highest BCUT2D eigenvalue weighted by Crippen LogP contribution is 2.23. The normalized spacial score (nSPS) is 11.7. The molecule has 1 nitrogen and oxygen atoms in total. The van der Waals surface area contributed by atoms with Crippen LogP contribution in [0.25, 0.3) is 0 Å². The maximum Gasteiger partial charge on any atom is 0.126 e. The molecule has 0 amide bonds. The highest BCUT2D eigenvalue weighted by molar-refractivity contribution is 5.25. The average molecular weight is 167 g/mol. The smallest absolute Gasteiger partial charge is 0.126 e. The third-order valence-electron chi connectivity index (χ3n) is 2.11. The van der Waals surface area contributed by atoms with Crippen LogP contribution in [0.2, 0.25) is 0 Å². The number of benzene rings is 1. The third kappa shape index (κ3) is 1.64. The quantitative estimate of drug-likeness (QED) is 0.716. The second kappa shape index (κ2) is 3.23. The summed E-state index contributed by atoms with van der Waals surface area (Å²) in [6, 6.07) is 6.76. The van der Waals surface area contributed by atoms with E-state index in [2.05, 4.69) is 0 Å². The summed E-state index contributed by atoms with van der Waals surface area (Å²) in [6.45, 7) is 4.32. The molecule has 0 unspecified atom stereocenters. The standard InChI is InChI=1S/C10H14FN/c1-10(2,7-12)8-5-3-4-6-9(8)11/h3-6H,7,12H2,1-2H3. The number of hydrogen-bond donors (Lipinski definition) is 1. The number of rotatable bonds is 2. The summed E-state index contributed by atoms with van der Waals surface area (Å²) in [4.78, 5) is 0. The van der Waals surface area contributed by atoms with Gasteiger partial charge in [0.05, 0.1) is 0 Å². The molecule has 2 heteroatoms. The zero-order chi connectivity index (χ0) is 9.19. The molecule has 0 aliphatic rings. The van der Waals surface area contributed by atoms with Crippen LogP contribution >= 0.6 is 0 Å². The molecule has 0 aromatic heterocycles. The molecule has 0 heterocycles. The summed E-state index contributed by atoms with van der Waals surface area (Å²) >= 11 is 0. The summed E-state index contributed by atoms with van der Waals surface area (Å²) in [5.74, 6) is -0.173. The zero-order valence-corrected chi connectivity index (χ0v) is 7.47. The molecule has 1 aromatic rings. The van der Waals surface area contributed by atoms with E-state index in [9.17, 15) is 4.39 Å². The summed E-state index contributed by atoms with van der Waals surface area (Å²) in [5.41, 5.74) is 5.96. The van der Waals surface area contributed by atoms with Crippen molar-refractivity contribution in [3.8, 4) is 0 Å². The topological polar surface area (TPSA) is 26.0 Å². The lowest BCUT2D eigenvalue weighted by atomic mass is 9.84. The van der Waals surface area contributed by atoms with Gasteiger partial charge >= 0.3 is 0 Å².